The van der Waals surface area contributed by atoms with Gasteiger partial charge in [0.1, 0.15) is 5.01 Å². The second-order valence-electron chi connectivity index (χ2n) is 5.15. The van der Waals surface area contributed by atoms with Crippen LogP contribution in [0.3, 0.4) is 0 Å². The van der Waals surface area contributed by atoms with Crippen LogP contribution in [0.2, 0.25) is 0 Å². The number of carbonyl (C=O) groups is 1. The summed E-state index contributed by atoms with van der Waals surface area (Å²) < 4.78 is 0. The highest BCUT2D eigenvalue weighted by atomic mass is 32.1. The first-order chi connectivity index (χ1) is 7.80. The predicted molar refractivity (Wildman–Crippen MR) is 65.1 cm³/mol. The molecule has 1 aromatic rings. The van der Waals surface area contributed by atoms with Crippen molar-refractivity contribution in [1.29, 1.82) is 0 Å². The molecule has 94 valence electrons. The molecule has 1 aliphatic rings. The first kappa shape index (κ1) is 12.3. The molecule has 0 saturated carbocycles. The molecule has 1 aromatic heterocycles. The van der Waals surface area contributed by atoms with E-state index in [1.54, 1.807) is 7.05 Å². The van der Waals surface area contributed by atoms with Crippen LogP contribution in [0.1, 0.15) is 25.8 Å². The zero-order valence-electron chi connectivity index (χ0n) is 10.3. The van der Waals surface area contributed by atoms with E-state index in [4.69, 9.17) is 0 Å². The van der Waals surface area contributed by atoms with Gasteiger partial charge in [-0.1, -0.05) is 32.1 Å². The van der Waals surface area contributed by atoms with Gasteiger partial charge in [0.25, 0.3) is 0 Å². The first-order valence-corrected chi connectivity index (χ1v) is 6.18. The Morgan fingerprint density at radius 1 is 1.41 bits per heavy atom. The van der Waals surface area contributed by atoms with Crippen LogP contribution in [0.25, 0.3) is 0 Å². The van der Waals surface area contributed by atoms with Crippen LogP contribution in [-0.4, -0.2) is 46.1 Å². The van der Waals surface area contributed by atoms with Gasteiger partial charge in [-0.25, -0.2) is 9.69 Å². The lowest BCUT2D eigenvalue weighted by atomic mass is 9.98. The first-order valence-electron chi connectivity index (χ1n) is 5.37. The molecule has 6 nitrogen and oxygen atoms in total. The van der Waals surface area contributed by atoms with E-state index in [9.17, 15) is 9.90 Å². The smallest absolute Gasteiger partial charge is 0.328 e. The highest BCUT2D eigenvalue weighted by Crippen LogP contribution is 2.32. The Labute approximate surface area is 104 Å². The average molecular weight is 256 g/mol. The van der Waals surface area contributed by atoms with Crippen LogP contribution in [-0.2, 0) is 5.41 Å². The summed E-state index contributed by atoms with van der Waals surface area (Å²) in [5.41, 5.74) is -0.102. The Hall–Kier alpha value is -1.21. The molecule has 1 saturated heterocycles. The molecule has 2 heterocycles. The molecule has 1 atom stereocenters. The third kappa shape index (κ3) is 2.12. The number of aliphatic hydroxyl groups is 1. The van der Waals surface area contributed by atoms with Gasteiger partial charge in [0.15, 0.2) is 6.23 Å². The maximum Gasteiger partial charge on any atom is 0.328 e. The van der Waals surface area contributed by atoms with Crippen molar-refractivity contribution >= 4 is 22.5 Å². The predicted octanol–water partition coefficient (Wildman–Crippen LogP) is 1.03. The van der Waals surface area contributed by atoms with E-state index in [0.717, 1.165) is 5.01 Å². The summed E-state index contributed by atoms with van der Waals surface area (Å²) in [6.45, 7) is 6.40. The number of urea groups is 1. The molecule has 0 aliphatic carbocycles. The second-order valence-corrected chi connectivity index (χ2v) is 6.11. The van der Waals surface area contributed by atoms with Crippen molar-refractivity contribution in [2.24, 2.45) is 0 Å². The Balaban J connectivity index is 2.29. The van der Waals surface area contributed by atoms with Crippen molar-refractivity contribution in [3.05, 3.63) is 5.01 Å². The summed E-state index contributed by atoms with van der Waals surface area (Å²) in [4.78, 5) is 14.6. The van der Waals surface area contributed by atoms with Crippen molar-refractivity contribution in [2.45, 2.75) is 32.4 Å². The van der Waals surface area contributed by atoms with Crippen LogP contribution in [0.5, 0.6) is 0 Å². The minimum Gasteiger partial charge on any atom is -0.371 e. The molecular weight excluding hydrogens is 240 g/mol. The van der Waals surface area contributed by atoms with E-state index in [1.807, 2.05) is 20.8 Å². The minimum atomic E-state index is -0.840. The quantitative estimate of drug-likeness (QED) is 0.814. The van der Waals surface area contributed by atoms with E-state index in [0.29, 0.717) is 11.7 Å². The van der Waals surface area contributed by atoms with E-state index < -0.39 is 6.23 Å². The molecule has 2 rings (SSSR count). The van der Waals surface area contributed by atoms with Crippen molar-refractivity contribution < 1.29 is 9.90 Å². The molecule has 0 unspecified atom stereocenters. The Bertz CT molecular complexity index is 440. The Kier molecular flexibility index (Phi) is 2.82. The van der Waals surface area contributed by atoms with Gasteiger partial charge < -0.3 is 10.0 Å². The third-order valence-electron chi connectivity index (χ3n) is 2.53. The fourth-order valence-corrected chi connectivity index (χ4v) is 2.48. The maximum absolute atomic E-state index is 11.8. The number of hydrogen-bond acceptors (Lipinski definition) is 5. The summed E-state index contributed by atoms with van der Waals surface area (Å²) in [6, 6.07) is -0.242. The van der Waals surface area contributed by atoms with Gasteiger partial charge in [-0.15, -0.1) is 10.2 Å². The van der Waals surface area contributed by atoms with Crippen molar-refractivity contribution in [2.75, 3.05) is 18.5 Å². The molecule has 1 aliphatic heterocycles. The molecule has 0 spiro atoms. The van der Waals surface area contributed by atoms with Gasteiger partial charge in [0.05, 0.1) is 6.54 Å². The monoisotopic (exact) mass is 256 g/mol. The number of carbonyl (C=O) groups excluding carboxylic acids is 1. The number of amides is 2. The topological polar surface area (TPSA) is 69.6 Å². The van der Waals surface area contributed by atoms with Gasteiger partial charge in [-0.2, -0.15) is 0 Å². The van der Waals surface area contributed by atoms with E-state index in [-0.39, 0.29) is 11.4 Å². The van der Waals surface area contributed by atoms with E-state index >= 15 is 0 Å². The number of hydrogen-bond donors (Lipinski definition) is 1. The minimum absolute atomic E-state index is 0.102. The normalized spacial score (nSPS) is 21.5. The summed E-state index contributed by atoms with van der Waals surface area (Å²) in [7, 11) is 1.65. The van der Waals surface area contributed by atoms with Gasteiger partial charge >= 0.3 is 6.03 Å². The summed E-state index contributed by atoms with van der Waals surface area (Å²) in [5.74, 6) is 0. The van der Waals surface area contributed by atoms with Crippen molar-refractivity contribution in [3.8, 4) is 0 Å². The van der Waals surface area contributed by atoms with Crippen LogP contribution in [0.15, 0.2) is 0 Å². The fourth-order valence-electron chi connectivity index (χ4n) is 1.54. The van der Waals surface area contributed by atoms with E-state index in [2.05, 4.69) is 10.2 Å². The number of aliphatic hydroxyl groups excluding tert-OH is 1. The molecule has 0 aromatic carbocycles. The molecule has 7 heteroatoms. The number of β-amino-alcohol motifs (C(OH)–C–C–N with tert-alkyl or cyclic N) is 1. The lowest BCUT2D eigenvalue weighted by Gasteiger charge is -2.15. The van der Waals surface area contributed by atoms with Gasteiger partial charge in [-0.05, 0) is 0 Å². The maximum atomic E-state index is 11.8. The number of likely N-dealkylation sites (N-methyl/N-ethyl adjacent to an activating group) is 1. The SMILES string of the molecule is CN1C[C@H](O)N(c2nnc(C(C)(C)C)s2)C1=O. The highest BCUT2D eigenvalue weighted by molar-refractivity contribution is 7.15. The van der Waals surface area contributed by atoms with Crippen LogP contribution < -0.4 is 4.90 Å². The lowest BCUT2D eigenvalue weighted by Crippen LogP contribution is -2.34. The Morgan fingerprint density at radius 3 is 2.47 bits per heavy atom. The third-order valence-corrected chi connectivity index (χ3v) is 3.88. The Morgan fingerprint density at radius 2 is 2.06 bits per heavy atom. The summed E-state index contributed by atoms with van der Waals surface area (Å²) in [6.07, 6.45) is -0.840. The standard InChI is InChI=1S/C10H16N4O2S/c1-10(2,3)7-11-12-8(17-7)14-6(15)5-13(4)9(14)16/h6,15H,5H2,1-4H3/t6-/m0/s1. The number of rotatable bonds is 1. The lowest BCUT2D eigenvalue weighted by molar-refractivity contribution is 0.183. The van der Waals surface area contributed by atoms with Crippen molar-refractivity contribution in [1.82, 2.24) is 15.1 Å². The zero-order valence-corrected chi connectivity index (χ0v) is 11.2. The number of aromatic nitrogens is 2. The van der Waals surface area contributed by atoms with Gasteiger partial charge in [-0.3, -0.25) is 0 Å². The van der Waals surface area contributed by atoms with Gasteiger partial charge in [0, 0.05) is 12.5 Å². The highest BCUT2D eigenvalue weighted by Gasteiger charge is 2.37. The molecule has 2 amide bonds. The second kappa shape index (κ2) is 3.92. The zero-order chi connectivity index (χ0) is 12.8. The fraction of sp³-hybridized carbons (Fsp3) is 0.700. The summed E-state index contributed by atoms with van der Waals surface area (Å²) >= 11 is 1.34. The van der Waals surface area contributed by atoms with E-state index in [1.165, 1.54) is 21.1 Å². The molecule has 0 bridgehead atoms. The summed E-state index contributed by atoms with van der Waals surface area (Å²) in [5, 5.41) is 19.2. The van der Waals surface area contributed by atoms with Crippen LogP contribution >= 0.6 is 11.3 Å². The molecule has 1 fully saturated rings. The van der Waals surface area contributed by atoms with Crippen LogP contribution in [0, 0.1) is 0 Å². The van der Waals surface area contributed by atoms with Gasteiger partial charge in [0.2, 0.25) is 5.13 Å². The van der Waals surface area contributed by atoms with Crippen LogP contribution in [0.4, 0.5) is 9.93 Å². The van der Waals surface area contributed by atoms with Crippen molar-refractivity contribution in [3.63, 3.8) is 0 Å². The molecule has 17 heavy (non-hydrogen) atoms. The largest absolute Gasteiger partial charge is 0.371 e. The number of nitrogens with zero attached hydrogens (tertiary/aromatic N) is 4. The number of anilines is 1. The molecule has 1 N–H and O–H groups in total. The average Bonchev–Trinajstić information content (AvgIpc) is 2.73. The molecule has 0 radical (unpaired) electrons. The molecular formula is C10H16N4O2S.